The van der Waals surface area contributed by atoms with Gasteiger partial charge in [-0.1, -0.05) is 35.9 Å². The SMILES string of the molecule is Cc1ccc(N(CCC(=O)NCCc2ccccc2F)S(C)(=O)=O)cc1. The third kappa shape index (κ3) is 5.84. The lowest BCUT2D eigenvalue weighted by molar-refractivity contribution is -0.120. The molecule has 2 aromatic carbocycles. The van der Waals surface area contributed by atoms with E-state index in [-0.39, 0.29) is 24.7 Å². The molecule has 0 aliphatic rings. The Morgan fingerprint density at radius 2 is 1.77 bits per heavy atom. The van der Waals surface area contributed by atoms with Crippen LogP contribution in [0.4, 0.5) is 10.1 Å². The number of anilines is 1. The highest BCUT2D eigenvalue weighted by atomic mass is 32.2. The van der Waals surface area contributed by atoms with E-state index in [4.69, 9.17) is 0 Å². The molecule has 0 aliphatic heterocycles. The average molecular weight is 378 g/mol. The molecule has 140 valence electrons. The van der Waals surface area contributed by atoms with Crippen molar-refractivity contribution in [1.29, 1.82) is 0 Å². The molecule has 0 heterocycles. The summed E-state index contributed by atoms with van der Waals surface area (Å²) in [4.78, 5) is 12.0. The number of nitrogens with one attached hydrogen (secondary N) is 1. The first-order valence-electron chi connectivity index (χ1n) is 8.32. The van der Waals surface area contributed by atoms with Gasteiger partial charge in [0.1, 0.15) is 5.82 Å². The number of benzene rings is 2. The molecule has 26 heavy (non-hydrogen) atoms. The van der Waals surface area contributed by atoms with Crippen molar-refractivity contribution in [3.63, 3.8) is 0 Å². The lowest BCUT2D eigenvalue weighted by atomic mass is 10.1. The summed E-state index contributed by atoms with van der Waals surface area (Å²) in [5.41, 5.74) is 2.08. The number of carbonyl (C=O) groups is 1. The minimum absolute atomic E-state index is 0.0260. The van der Waals surface area contributed by atoms with E-state index in [9.17, 15) is 17.6 Å². The zero-order chi connectivity index (χ0) is 19.2. The third-order valence-corrected chi connectivity index (χ3v) is 5.13. The van der Waals surface area contributed by atoms with Gasteiger partial charge in [0.25, 0.3) is 0 Å². The van der Waals surface area contributed by atoms with Crippen LogP contribution in [0.5, 0.6) is 0 Å². The van der Waals surface area contributed by atoms with Crippen LogP contribution in [0.25, 0.3) is 0 Å². The third-order valence-electron chi connectivity index (χ3n) is 3.94. The van der Waals surface area contributed by atoms with Gasteiger partial charge in [0, 0.05) is 19.5 Å². The molecule has 2 rings (SSSR count). The molecule has 0 atom stereocenters. The highest BCUT2D eigenvalue weighted by Crippen LogP contribution is 2.18. The van der Waals surface area contributed by atoms with Gasteiger partial charge in [0.15, 0.2) is 0 Å². The highest BCUT2D eigenvalue weighted by molar-refractivity contribution is 7.92. The molecule has 0 fully saturated rings. The number of sulfonamides is 1. The maximum Gasteiger partial charge on any atom is 0.232 e. The fourth-order valence-corrected chi connectivity index (χ4v) is 3.45. The number of carbonyl (C=O) groups excluding carboxylic acids is 1. The van der Waals surface area contributed by atoms with Gasteiger partial charge in [0.2, 0.25) is 15.9 Å². The summed E-state index contributed by atoms with van der Waals surface area (Å²) >= 11 is 0. The molecule has 0 unspecified atom stereocenters. The average Bonchev–Trinajstić information content (AvgIpc) is 2.57. The van der Waals surface area contributed by atoms with Gasteiger partial charge in [0.05, 0.1) is 11.9 Å². The van der Waals surface area contributed by atoms with E-state index >= 15 is 0 Å². The van der Waals surface area contributed by atoms with Gasteiger partial charge >= 0.3 is 0 Å². The summed E-state index contributed by atoms with van der Waals surface area (Å²) in [5.74, 6) is -0.577. The van der Waals surface area contributed by atoms with Crippen LogP contribution in [0.1, 0.15) is 17.5 Å². The van der Waals surface area contributed by atoms with Crippen LogP contribution in [0, 0.1) is 12.7 Å². The number of amides is 1. The van der Waals surface area contributed by atoms with E-state index in [1.54, 1.807) is 30.3 Å². The minimum atomic E-state index is -3.49. The van der Waals surface area contributed by atoms with Gasteiger partial charge in [-0.25, -0.2) is 12.8 Å². The second kappa shape index (κ2) is 8.80. The minimum Gasteiger partial charge on any atom is -0.356 e. The maximum absolute atomic E-state index is 13.5. The van der Waals surface area contributed by atoms with Crippen molar-refractivity contribution in [3.8, 4) is 0 Å². The predicted molar refractivity (Wildman–Crippen MR) is 101 cm³/mol. The standard InChI is InChI=1S/C19H23FN2O3S/c1-15-7-9-17(10-8-15)22(26(2,24)25)14-12-19(23)21-13-11-16-5-3-4-6-18(16)20/h3-10H,11-14H2,1-2H3,(H,21,23). The lowest BCUT2D eigenvalue weighted by Gasteiger charge is -2.22. The molecule has 0 bridgehead atoms. The van der Waals surface area contributed by atoms with Crippen molar-refractivity contribution in [3.05, 3.63) is 65.5 Å². The van der Waals surface area contributed by atoms with E-state index in [0.717, 1.165) is 11.8 Å². The van der Waals surface area contributed by atoms with Gasteiger partial charge < -0.3 is 5.32 Å². The molecular formula is C19H23FN2O3S. The quantitative estimate of drug-likeness (QED) is 0.768. The summed E-state index contributed by atoms with van der Waals surface area (Å²) in [5, 5.41) is 2.70. The normalized spacial score (nSPS) is 11.2. The van der Waals surface area contributed by atoms with Gasteiger partial charge in [-0.3, -0.25) is 9.10 Å². The van der Waals surface area contributed by atoms with Crippen LogP contribution in [-0.2, 0) is 21.2 Å². The molecule has 1 amide bonds. The molecule has 7 heteroatoms. The number of aryl methyl sites for hydroxylation is 1. The van der Waals surface area contributed by atoms with Crippen molar-refractivity contribution in [2.24, 2.45) is 0 Å². The van der Waals surface area contributed by atoms with Crippen LogP contribution < -0.4 is 9.62 Å². The molecule has 0 saturated heterocycles. The largest absolute Gasteiger partial charge is 0.356 e. The number of rotatable bonds is 8. The first-order valence-corrected chi connectivity index (χ1v) is 10.2. The van der Waals surface area contributed by atoms with Crippen molar-refractivity contribution in [2.45, 2.75) is 19.8 Å². The Morgan fingerprint density at radius 3 is 2.38 bits per heavy atom. The van der Waals surface area contributed by atoms with Crippen molar-refractivity contribution in [2.75, 3.05) is 23.7 Å². The van der Waals surface area contributed by atoms with Crippen molar-refractivity contribution in [1.82, 2.24) is 5.32 Å². The number of nitrogens with zero attached hydrogens (tertiary/aromatic N) is 1. The van der Waals surface area contributed by atoms with Crippen LogP contribution in [-0.4, -0.2) is 33.7 Å². The van der Waals surface area contributed by atoms with E-state index in [1.165, 1.54) is 10.4 Å². The van der Waals surface area contributed by atoms with E-state index in [2.05, 4.69) is 5.32 Å². The first-order chi connectivity index (χ1) is 12.3. The van der Waals surface area contributed by atoms with E-state index in [1.807, 2.05) is 19.1 Å². The van der Waals surface area contributed by atoms with E-state index < -0.39 is 10.0 Å². The number of hydrogen-bond donors (Lipinski definition) is 1. The molecular weight excluding hydrogens is 355 g/mol. The molecule has 0 saturated carbocycles. The molecule has 2 aromatic rings. The summed E-state index contributed by atoms with van der Waals surface area (Å²) in [6.45, 7) is 2.26. The summed E-state index contributed by atoms with van der Waals surface area (Å²) in [6, 6.07) is 13.5. The van der Waals surface area contributed by atoms with Gasteiger partial charge in [-0.05, 0) is 37.1 Å². The monoisotopic (exact) mass is 378 g/mol. The second-order valence-electron chi connectivity index (χ2n) is 6.11. The summed E-state index contributed by atoms with van der Waals surface area (Å²) < 4.78 is 38.8. The van der Waals surface area contributed by atoms with Crippen LogP contribution in [0.2, 0.25) is 0 Å². The lowest BCUT2D eigenvalue weighted by Crippen LogP contribution is -2.35. The second-order valence-corrected chi connectivity index (χ2v) is 8.02. The molecule has 0 spiro atoms. The Balaban J connectivity index is 1.89. The molecule has 0 aliphatic carbocycles. The fraction of sp³-hybridized carbons (Fsp3) is 0.316. The topological polar surface area (TPSA) is 66.5 Å². The van der Waals surface area contributed by atoms with Crippen molar-refractivity contribution < 1.29 is 17.6 Å². The Morgan fingerprint density at radius 1 is 1.12 bits per heavy atom. The highest BCUT2D eigenvalue weighted by Gasteiger charge is 2.18. The number of hydrogen-bond acceptors (Lipinski definition) is 3. The van der Waals surface area contributed by atoms with Crippen LogP contribution >= 0.6 is 0 Å². The number of halogens is 1. The van der Waals surface area contributed by atoms with E-state index in [0.29, 0.717) is 24.2 Å². The predicted octanol–water partition coefficient (Wildman–Crippen LogP) is 2.65. The molecule has 0 radical (unpaired) electrons. The zero-order valence-corrected chi connectivity index (χ0v) is 15.7. The first kappa shape index (κ1) is 19.9. The smallest absolute Gasteiger partial charge is 0.232 e. The molecule has 5 nitrogen and oxygen atoms in total. The maximum atomic E-state index is 13.5. The molecule has 1 N–H and O–H groups in total. The van der Waals surface area contributed by atoms with Gasteiger partial charge in [-0.2, -0.15) is 0 Å². The Bertz CT molecular complexity index is 851. The Kier molecular flexibility index (Phi) is 6.74. The van der Waals surface area contributed by atoms with Crippen LogP contribution in [0.15, 0.2) is 48.5 Å². The summed E-state index contributed by atoms with van der Waals surface area (Å²) in [6.07, 6.45) is 1.52. The fourth-order valence-electron chi connectivity index (χ4n) is 2.53. The Hall–Kier alpha value is -2.41. The van der Waals surface area contributed by atoms with Crippen LogP contribution in [0.3, 0.4) is 0 Å². The Labute approximate surface area is 153 Å². The van der Waals surface area contributed by atoms with Gasteiger partial charge in [-0.15, -0.1) is 0 Å². The zero-order valence-electron chi connectivity index (χ0n) is 14.9. The van der Waals surface area contributed by atoms with Crippen molar-refractivity contribution >= 4 is 21.6 Å². The summed E-state index contributed by atoms with van der Waals surface area (Å²) in [7, 11) is -3.49. The molecule has 0 aromatic heterocycles.